The second-order valence-corrected chi connectivity index (χ2v) is 4.51. The van der Waals surface area contributed by atoms with Gasteiger partial charge in [-0.2, -0.15) is 0 Å². The van der Waals surface area contributed by atoms with Crippen LogP contribution in [0.5, 0.6) is 17.2 Å². The van der Waals surface area contributed by atoms with E-state index in [0.717, 1.165) is 18.6 Å². The van der Waals surface area contributed by atoms with E-state index >= 15 is 0 Å². The van der Waals surface area contributed by atoms with Gasteiger partial charge in [0.2, 0.25) is 0 Å². The van der Waals surface area contributed by atoms with Crippen LogP contribution in [-0.2, 0) is 6.54 Å². The molecule has 0 atom stereocenters. The second kappa shape index (κ2) is 7.04. The molecule has 0 heterocycles. The number of ether oxygens (including phenoxy) is 2. The zero-order chi connectivity index (χ0) is 15.2. The summed E-state index contributed by atoms with van der Waals surface area (Å²) in [6.45, 7) is 2.69. The molecule has 2 aromatic rings. The first-order valence-electron chi connectivity index (χ1n) is 6.72. The van der Waals surface area contributed by atoms with Crippen LogP contribution in [0.25, 0.3) is 0 Å². The molecule has 0 radical (unpaired) electrons. The fraction of sp³-hybridized carbons (Fsp3) is 0.250. The number of hydrogen-bond donors (Lipinski definition) is 1. The molecule has 0 spiro atoms. The monoisotopic (exact) mass is 293 g/mol. The van der Waals surface area contributed by atoms with Gasteiger partial charge >= 0.3 is 0 Å². The number of benzene rings is 2. The second-order valence-electron chi connectivity index (χ2n) is 4.51. The number of rotatable bonds is 6. The molecule has 21 heavy (non-hydrogen) atoms. The summed E-state index contributed by atoms with van der Waals surface area (Å²) in [4.78, 5) is 0. The standard InChI is InChI=1S/C16H17F2NO2/c1-2-7-20-12-3-5-13(6-4-12)21-16-14(17)8-11(10-19)9-15(16)18/h3-6,8-9H,2,7,10,19H2,1H3. The summed E-state index contributed by atoms with van der Waals surface area (Å²) in [6.07, 6.45) is 0.905. The summed E-state index contributed by atoms with van der Waals surface area (Å²) in [7, 11) is 0. The highest BCUT2D eigenvalue weighted by Crippen LogP contribution is 2.29. The van der Waals surface area contributed by atoms with Gasteiger partial charge in [-0.1, -0.05) is 6.92 Å². The molecule has 0 saturated carbocycles. The lowest BCUT2D eigenvalue weighted by Gasteiger charge is -2.10. The molecule has 112 valence electrons. The lowest BCUT2D eigenvalue weighted by atomic mass is 10.2. The summed E-state index contributed by atoms with van der Waals surface area (Å²) < 4.78 is 38.2. The van der Waals surface area contributed by atoms with Gasteiger partial charge in [0.25, 0.3) is 0 Å². The molecule has 2 N–H and O–H groups in total. The van der Waals surface area contributed by atoms with Crippen LogP contribution in [0.4, 0.5) is 8.78 Å². The van der Waals surface area contributed by atoms with Gasteiger partial charge in [-0.25, -0.2) is 8.78 Å². The average molecular weight is 293 g/mol. The average Bonchev–Trinajstić information content (AvgIpc) is 2.49. The van der Waals surface area contributed by atoms with Crippen molar-refractivity contribution < 1.29 is 18.3 Å². The molecule has 3 nitrogen and oxygen atoms in total. The minimum Gasteiger partial charge on any atom is -0.494 e. The van der Waals surface area contributed by atoms with Crippen LogP contribution in [0.3, 0.4) is 0 Å². The van der Waals surface area contributed by atoms with Crippen LogP contribution in [0.2, 0.25) is 0 Å². The zero-order valence-electron chi connectivity index (χ0n) is 11.7. The molecule has 0 aliphatic heterocycles. The summed E-state index contributed by atoms with van der Waals surface area (Å²) in [5.41, 5.74) is 5.73. The summed E-state index contributed by atoms with van der Waals surface area (Å²) in [6, 6.07) is 8.90. The third-order valence-corrected chi connectivity index (χ3v) is 2.81. The lowest BCUT2D eigenvalue weighted by Crippen LogP contribution is -2.00. The van der Waals surface area contributed by atoms with E-state index in [-0.39, 0.29) is 6.54 Å². The predicted molar refractivity (Wildman–Crippen MR) is 76.6 cm³/mol. The number of halogens is 2. The first-order chi connectivity index (χ1) is 10.1. The van der Waals surface area contributed by atoms with Gasteiger partial charge in [0.15, 0.2) is 17.4 Å². The van der Waals surface area contributed by atoms with Crippen molar-refractivity contribution in [3.63, 3.8) is 0 Å². The lowest BCUT2D eigenvalue weighted by molar-refractivity contribution is 0.317. The highest BCUT2D eigenvalue weighted by atomic mass is 19.1. The predicted octanol–water partition coefficient (Wildman–Crippen LogP) is 4.00. The maximum absolute atomic E-state index is 13.8. The van der Waals surface area contributed by atoms with Gasteiger partial charge in [0, 0.05) is 6.54 Å². The minimum atomic E-state index is -0.776. The Hall–Kier alpha value is -2.14. The van der Waals surface area contributed by atoms with Crippen molar-refractivity contribution in [1.82, 2.24) is 0 Å². The Morgan fingerprint density at radius 3 is 2.10 bits per heavy atom. The molecular formula is C16H17F2NO2. The molecule has 2 rings (SSSR count). The Kier molecular flexibility index (Phi) is 5.11. The topological polar surface area (TPSA) is 44.5 Å². The largest absolute Gasteiger partial charge is 0.494 e. The molecule has 0 aliphatic carbocycles. The zero-order valence-corrected chi connectivity index (χ0v) is 11.7. The van der Waals surface area contributed by atoms with Crippen LogP contribution in [0.1, 0.15) is 18.9 Å². The molecule has 5 heteroatoms. The summed E-state index contributed by atoms with van der Waals surface area (Å²) in [5, 5.41) is 0. The number of nitrogens with two attached hydrogens (primary N) is 1. The van der Waals surface area contributed by atoms with Crippen molar-refractivity contribution in [2.45, 2.75) is 19.9 Å². The molecule has 0 aliphatic rings. The maximum atomic E-state index is 13.8. The van der Waals surface area contributed by atoms with Crippen molar-refractivity contribution in [1.29, 1.82) is 0 Å². The third kappa shape index (κ3) is 3.92. The number of hydrogen-bond acceptors (Lipinski definition) is 3. The Morgan fingerprint density at radius 1 is 1.00 bits per heavy atom. The Balaban J connectivity index is 2.14. The van der Waals surface area contributed by atoms with Crippen molar-refractivity contribution in [3.05, 3.63) is 53.6 Å². The fourth-order valence-electron chi connectivity index (χ4n) is 1.77. The van der Waals surface area contributed by atoms with Crippen LogP contribution >= 0.6 is 0 Å². The molecule has 0 aromatic heterocycles. The van der Waals surface area contributed by atoms with E-state index in [1.165, 1.54) is 0 Å². The Labute approximate surface area is 122 Å². The quantitative estimate of drug-likeness (QED) is 0.875. The van der Waals surface area contributed by atoms with E-state index in [9.17, 15) is 8.78 Å². The first-order valence-corrected chi connectivity index (χ1v) is 6.72. The van der Waals surface area contributed by atoms with Crippen LogP contribution < -0.4 is 15.2 Å². The van der Waals surface area contributed by atoms with E-state index in [0.29, 0.717) is 23.7 Å². The van der Waals surface area contributed by atoms with E-state index < -0.39 is 17.4 Å². The SMILES string of the molecule is CCCOc1ccc(Oc2c(F)cc(CN)cc2F)cc1. The maximum Gasteiger partial charge on any atom is 0.198 e. The fourth-order valence-corrected chi connectivity index (χ4v) is 1.77. The van der Waals surface area contributed by atoms with Gasteiger partial charge in [0.05, 0.1) is 6.61 Å². The van der Waals surface area contributed by atoms with Gasteiger partial charge in [-0.3, -0.25) is 0 Å². The van der Waals surface area contributed by atoms with Crippen LogP contribution in [0.15, 0.2) is 36.4 Å². The summed E-state index contributed by atoms with van der Waals surface area (Å²) in [5.74, 6) is -0.973. The normalized spacial score (nSPS) is 10.5. The van der Waals surface area contributed by atoms with E-state index in [2.05, 4.69) is 0 Å². The van der Waals surface area contributed by atoms with Crippen LogP contribution in [0, 0.1) is 11.6 Å². The highest BCUT2D eigenvalue weighted by Gasteiger charge is 2.13. The van der Waals surface area contributed by atoms with Crippen molar-refractivity contribution >= 4 is 0 Å². The molecule has 0 bridgehead atoms. The highest BCUT2D eigenvalue weighted by molar-refractivity contribution is 5.38. The molecule has 0 amide bonds. The van der Waals surface area contributed by atoms with Gasteiger partial charge in [-0.05, 0) is 48.4 Å². The molecular weight excluding hydrogens is 276 g/mol. The summed E-state index contributed by atoms with van der Waals surface area (Å²) >= 11 is 0. The van der Waals surface area contributed by atoms with E-state index in [1.54, 1.807) is 24.3 Å². The van der Waals surface area contributed by atoms with E-state index in [1.807, 2.05) is 6.92 Å². The van der Waals surface area contributed by atoms with E-state index in [4.69, 9.17) is 15.2 Å². The van der Waals surface area contributed by atoms with Gasteiger partial charge < -0.3 is 15.2 Å². The minimum absolute atomic E-state index is 0.0670. The van der Waals surface area contributed by atoms with Crippen molar-refractivity contribution in [2.24, 2.45) is 5.73 Å². The smallest absolute Gasteiger partial charge is 0.198 e. The van der Waals surface area contributed by atoms with Crippen molar-refractivity contribution in [3.8, 4) is 17.2 Å². The molecule has 0 unspecified atom stereocenters. The molecule has 0 saturated heterocycles. The molecule has 0 fully saturated rings. The Morgan fingerprint density at radius 2 is 1.57 bits per heavy atom. The Bertz CT molecular complexity index is 577. The van der Waals surface area contributed by atoms with Crippen molar-refractivity contribution in [2.75, 3.05) is 6.61 Å². The van der Waals surface area contributed by atoms with Crippen LogP contribution in [-0.4, -0.2) is 6.61 Å². The first kappa shape index (κ1) is 15.3. The third-order valence-electron chi connectivity index (χ3n) is 2.81. The van der Waals surface area contributed by atoms with Gasteiger partial charge in [-0.15, -0.1) is 0 Å². The van der Waals surface area contributed by atoms with Gasteiger partial charge in [0.1, 0.15) is 11.5 Å². The molecule has 2 aromatic carbocycles.